The van der Waals surface area contributed by atoms with E-state index in [4.69, 9.17) is 28.5 Å². The summed E-state index contributed by atoms with van der Waals surface area (Å²) in [6.07, 6.45) is 0.429. The molecule has 0 unspecified atom stereocenters. The highest BCUT2D eigenvalue weighted by atomic mass is 32.2. The number of nitrogens with two attached hydrogens (primary N) is 1. The van der Waals surface area contributed by atoms with Crippen LogP contribution in [0.15, 0.2) is 11.4 Å². The number of aliphatic hydroxyl groups excluding tert-OH is 1. The summed E-state index contributed by atoms with van der Waals surface area (Å²) in [4.78, 5) is 8.55. The SMILES string of the molecule is CSc1nn([C@H]2O[C@@H]3CO[Si](C(C)C)(C(C)C)O[Si](C(C)C)(C(C)C)O[C@@H]3[C@@H]2O)c2ncnc(N)c12. The van der Waals surface area contributed by atoms with Gasteiger partial charge in [-0.3, -0.25) is 0 Å². The second-order valence-electron chi connectivity index (χ2n) is 11.0. The zero-order valence-electron chi connectivity index (χ0n) is 22.8. The van der Waals surface area contributed by atoms with E-state index in [2.05, 4.69) is 65.4 Å². The molecule has 2 aliphatic heterocycles. The van der Waals surface area contributed by atoms with E-state index in [0.717, 1.165) is 0 Å². The summed E-state index contributed by atoms with van der Waals surface area (Å²) in [5.41, 5.74) is 7.42. The van der Waals surface area contributed by atoms with Crippen LogP contribution >= 0.6 is 11.8 Å². The van der Waals surface area contributed by atoms with Crippen molar-refractivity contribution in [2.24, 2.45) is 0 Å². The molecular weight excluding hydrogens is 515 g/mol. The Kier molecular flexibility index (Phi) is 7.96. The quantitative estimate of drug-likeness (QED) is 0.392. The fourth-order valence-electron chi connectivity index (χ4n) is 5.62. The number of aromatic nitrogens is 4. The van der Waals surface area contributed by atoms with Gasteiger partial charge in [0.1, 0.15) is 35.5 Å². The van der Waals surface area contributed by atoms with Crippen LogP contribution in [0.4, 0.5) is 5.82 Å². The van der Waals surface area contributed by atoms with Crippen LogP contribution in [0.5, 0.6) is 0 Å². The first-order chi connectivity index (χ1) is 16.9. The molecule has 2 fully saturated rings. The van der Waals surface area contributed by atoms with Gasteiger partial charge in [-0.2, -0.15) is 5.10 Å². The van der Waals surface area contributed by atoms with Gasteiger partial charge in [0.25, 0.3) is 0 Å². The standard InChI is InChI=1S/C23H41N5O5SSi2/c1-12(2)35(13(3)4)30-10-16-19(32-36(33-35,14(5)6)15(7)8)18(29)23(31-16)28-21-17(22(27-28)34-9)20(24)25-11-26-21/h11-16,18-19,23,29H,10H2,1-9H3,(H2,24,25,26)/t16-,18+,19+,23+/m1/s1. The van der Waals surface area contributed by atoms with Gasteiger partial charge in [0.15, 0.2) is 11.9 Å². The summed E-state index contributed by atoms with van der Waals surface area (Å²) in [6.45, 7) is 17.7. The normalized spacial score (nSPS) is 28.3. The summed E-state index contributed by atoms with van der Waals surface area (Å²) in [6, 6.07) is 0. The molecule has 13 heteroatoms. The fraction of sp³-hybridized carbons (Fsp3) is 0.783. The zero-order valence-corrected chi connectivity index (χ0v) is 25.6. The molecular formula is C23H41N5O5SSi2. The molecule has 0 spiro atoms. The summed E-state index contributed by atoms with van der Waals surface area (Å²) in [7, 11) is -5.59. The molecule has 4 rings (SSSR count). The molecule has 2 saturated heterocycles. The van der Waals surface area contributed by atoms with Gasteiger partial charge >= 0.3 is 17.1 Å². The number of nitrogen functional groups attached to an aromatic ring is 1. The van der Waals surface area contributed by atoms with Crippen molar-refractivity contribution in [3.05, 3.63) is 6.33 Å². The first-order valence-electron chi connectivity index (χ1n) is 12.8. The van der Waals surface area contributed by atoms with Gasteiger partial charge < -0.3 is 28.5 Å². The van der Waals surface area contributed by atoms with Crippen molar-refractivity contribution in [1.29, 1.82) is 0 Å². The highest BCUT2D eigenvalue weighted by molar-refractivity contribution is 7.98. The molecule has 0 saturated carbocycles. The van der Waals surface area contributed by atoms with Gasteiger partial charge in [-0.25, -0.2) is 14.6 Å². The first-order valence-corrected chi connectivity index (χ1v) is 17.9. The molecule has 2 aliphatic rings. The largest absolute Gasteiger partial charge is 0.414 e. The lowest BCUT2D eigenvalue weighted by Gasteiger charge is -2.51. The Balaban J connectivity index is 1.80. The number of hydrogen-bond donors (Lipinski definition) is 2. The maximum absolute atomic E-state index is 11.6. The second-order valence-corrected chi connectivity index (χ2v) is 20.7. The maximum Gasteiger partial charge on any atom is 0.335 e. The van der Waals surface area contributed by atoms with E-state index in [9.17, 15) is 5.11 Å². The van der Waals surface area contributed by atoms with E-state index < -0.39 is 41.7 Å². The minimum atomic E-state index is -2.89. The number of anilines is 1. The Morgan fingerprint density at radius 3 is 2.19 bits per heavy atom. The van der Waals surface area contributed by atoms with E-state index in [-0.39, 0.29) is 28.8 Å². The van der Waals surface area contributed by atoms with Crippen molar-refractivity contribution >= 4 is 45.7 Å². The molecule has 3 N–H and O–H groups in total. The number of aliphatic hydroxyl groups is 1. The molecule has 202 valence electrons. The van der Waals surface area contributed by atoms with E-state index in [1.165, 1.54) is 18.1 Å². The van der Waals surface area contributed by atoms with E-state index >= 15 is 0 Å². The molecule has 2 aromatic rings. The van der Waals surface area contributed by atoms with Crippen molar-refractivity contribution in [3.63, 3.8) is 0 Å². The van der Waals surface area contributed by atoms with E-state index in [1.807, 2.05) is 6.26 Å². The highest BCUT2D eigenvalue weighted by Gasteiger charge is 2.61. The van der Waals surface area contributed by atoms with Gasteiger partial charge in [0.2, 0.25) is 0 Å². The maximum atomic E-state index is 11.6. The third kappa shape index (κ3) is 4.34. The monoisotopic (exact) mass is 555 g/mol. The predicted molar refractivity (Wildman–Crippen MR) is 145 cm³/mol. The van der Waals surface area contributed by atoms with Crippen LogP contribution in [0.1, 0.15) is 61.6 Å². The number of hydrogen-bond acceptors (Lipinski definition) is 10. The smallest absolute Gasteiger partial charge is 0.335 e. The molecule has 36 heavy (non-hydrogen) atoms. The van der Waals surface area contributed by atoms with Gasteiger partial charge in [-0.15, -0.1) is 11.8 Å². The summed E-state index contributed by atoms with van der Waals surface area (Å²) in [5.74, 6) is 0.345. The van der Waals surface area contributed by atoms with Crippen LogP contribution in [-0.2, 0) is 17.7 Å². The molecule has 0 bridgehead atoms. The van der Waals surface area contributed by atoms with Crippen molar-refractivity contribution in [3.8, 4) is 0 Å². The molecule has 0 aliphatic carbocycles. The summed E-state index contributed by atoms with van der Waals surface area (Å²) in [5, 5.41) is 17.7. The first kappa shape index (κ1) is 28.0. The van der Waals surface area contributed by atoms with Crippen LogP contribution in [-0.4, -0.2) is 73.2 Å². The number of nitrogens with zero attached hydrogens (tertiary/aromatic N) is 4. The van der Waals surface area contributed by atoms with Gasteiger partial charge in [0, 0.05) is 0 Å². The minimum absolute atomic E-state index is 0.150. The average Bonchev–Trinajstić information content (AvgIpc) is 3.31. The zero-order chi connectivity index (χ0) is 26.6. The predicted octanol–water partition coefficient (Wildman–Crippen LogP) is 4.35. The summed E-state index contributed by atoms with van der Waals surface area (Å²) < 4.78 is 29.1. The van der Waals surface area contributed by atoms with Crippen LogP contribution < -0.4 is 5.73 Å². The number of thioether (sulfide) groups is 1. The molecule has 4 heterocycles. The number of ether oxygens (including phenoxy) is 1. The van der Waals surface area contributed by atoms with E-state index in [0.29, 0.717) is 21.9 Å². The topological polar surface area (TPSA) is 127 Å². The lowest BCUT2D eigenvalue weighted by molar-refractivity contribution is -0.0617. The van der Waals surface area contributed by atoms with Crippen LogP contribution in [0.2, 0.25) is 22.2 Å². The van der Waals surface area contributed by atoms with Crippen molar-refractivity contribution in [2.75, 3.05) is 18.6 Å². The molecule has 4 atom stereocenters. The molecule has 0 radical (unpaired) electrons. The highest BCUT2D eigenvalue weighted by Crippen LogP contribution is 2.48. The van der Waals surface area contributed by atoms with Crippen LogP contribution in [0.25, 0.3) is 11.0 Å². The summed E-state index contributed by atoms with van der Waals surface area (Å²) >= 11 is 1.45. The Hall–Kier alpha value is -1.07. The lowest BCUT2D eigenvalue weighted by Crippen LogP contribution is -2.65. The van der Waals surface area contributed by atoms with Crippen LogP contribution in [0.3, 0.4) is 0 Å². The van der Waals surface area contributed by atoms with Crippen molar-refractivity contribution < 1.29 is 22.8 Å². The molecule has 2 aromatic heterocycles. The van der Waals surface area contributed by atoms with Crippen molar-refractivity contribution in [1.82, 2.24) is 19.7 Å². The molecule has 0 amide bonds. The molecule has 0 aromatic carbocycles. The second kappa shape index (κ2) is 10.2. The Bertz CT molecular complexity index is 1070. The van der Waals surface area contributed by atoms with Gasteiger partial charge in [-0.05, 0) is 28.4 Å². The fourth-order valence-corrected chi connectivity index (χ4v) is 17.4. The molecule has 10 nitrogen and oxygen atoms in total. The Morgan fingerprint density at radius 2 is 1.64 bits per heavy atom. The lowest BCUT2D eigenvalue weighted by atomic mass is 10.1. The van der Waals surface area contributed by atoms with Gasteiger partial charge in [-0.1, -0.05) is 55.4 Å². The minimum Gasteiger partial charge on any atom is -0.414 e. The van der Waals surface area contributed by atoms with E-state index in [1.54, 1.807) is 4.68 Å². The number of fused-ring (bicyclic) bond motifs is 2. The van der Waals surface area contributed by atoms with Gasteiger partial charge in [0.05, 0.1) is 12.0 Å². The Morgan fingerprint density at radius 1 is 1.03 bits per heavy atom. The third-order valence-corrected chi connectivity index (χ3v) is 18.5. The average molecular weight is 556 g/mol. The van der Waals surface area contributed by atoms with Crippen LogP contribution in [0, 0.1) is 0 Å². The third-order valence-electron chi connectivity index (χ3n) is 7.56. The number of rotatable bonds is 6. The van der Waals surface area contributed by atoms with Crippen molar-refractivity contribution in [2.45, 2.75) is 107 Å². The Labute approximate surface area is 220 Å².